The minimum atomic E-state index is -0.754. The summed E-state index contributed by atoms with van der Waals surface area (Å²) in [6.07, 6.45) is 0.351. The Balaban J connectivity index is 1.81. The first kappa shape index (κ1) is 16.5. The Morgan fingerprint density at radius 2 is 2.04 bits per heavy atom. The number of nitrogens with zero attached hydrogens (tertiary/aromatic N) is 2. The van der Waals surface area contributed by atoms with E-state index in [4.69, 9.17) is 9.57 Å². The van der Waals surface area contributed by atoms with Crippen LogP contribution in [-0.4, -0.2) is 40.4 Å². The summed E-state index contributed by atoms with van der Waals surface area (Å²) in [5, 5.41) is 3.92. The number of cyclic esters (lactones) is 1. The maximum Gasteiger partial charge on any atom is 0.417 e. The highest BCUT2D eigenvalue weighted by Crippen LogP contribution is 2.33. The highest BCUT2D eigenvalue weighted by atomic mass is 16.6. The van der Waals surface area contributed by atoms with Gasteiger partial charge in [-0.05, 0) is 32.3 Å². The Hall–Kier alpha value is -2.37. The van der Waals surface area contributed by atoms with Crippen LogP contribution >= 0.6 is 0 Å². The Kier molecular flexibility index (Phi) is 4.30. The lowest BCUT2D eigenvalue weighted by Crippen LogP contribution is -2.49. The van der Waals surface area contributed by atoms with Gasteiger partial charge in [0.1, 0.15) is 5.60 Å². The average molecular weight is 330 g/mol. The van der Waals surface area contributed by atoms with Crippen LogP contribution in [0, 0.1) is 0 Å². The summed E-state index contributed by atoms with van der Waals surface area (Å²) in [6.45, 7) is 5.62. The smallest absolute Gasteiger partial charge is 0.417 e. The zero-order valence-corrected chi connectivity index (χ0v) is 14.2. The van der Waals surface area contributed by atoms with Crippen LogP contribution < -0.4 is 0 Å². The topological polar surface area (TPSA) is 68.2 Å². The molecule has 3 rings (SSSR count). The first-order chi connectivity index (χ1) is 11.4. The molecule has 1 unspecified atom stereocenters. The molecule has 1 aromatic rings. The number of carbonyl (C=O) groups excluding carboxylic acids is 2. The van der Waals surface area contributed by atoms with Crippen molar-refractivity contribution in [2.75, 3.05) is 0 Å². The Labute approximate surface area is 141 Å². The minimum Gasteiger partial charge on any atom is -0.441 e. The summed E-state index contributed by atoms with van der Waals surface area (Å²) in [5.74, 6) is -0.376. The molecule has 0 aromatic heterocycles. The van der Waals surface area contributed by atoms with Crippen LogP contribution in [0.5, 0.6) is 0 Å². The molecule has 6 heteroatoms. The number of benzene rings is 1. The van der Waals surface area contributed by atoms with E-state index in [2.05, 4.69) is 5.16 Å². The second-order valence-electron chi connectivity index (χ2n) is 6.69. The molecule has 24 heavy (non-hydrogen) atoms. The second kappa shape index (κ2) is 6.26. The van der Waals surface area contributed by atoms with Crippen LogP contribution in [0.15, 0.2) is 35.5 Å². The third-order valence-electron chi connectivity index (χ3n) is 4.58. The van der Waals surface area contributed by atoms with Gasteiger partial charge in [0.15, 0.2) is 0 Å². The molecule has 0 aliphatic carbocycles. The van der Waals surface area contributed by atoms with Crippen molar-refractivity contribution in [1.29, 1.82) is 0 Å². The first-order valence-electron chi connectivity index (χ1n) is 8.24. The van der Waals surface area contributed by atoms with Crippen molar-refractivity contribution in [3.8, 4) is 0 Å². The van der Waals surface area contributed by atoms with Crippen molar-refractivity contribution in [1.82, 2.24) is 4.90 Å². The van der Waals surface area contributed by atoms with E-state index in [-0.39, 0.29) is 11.9 Å². The summed E-state index contributed by atoms with van der Waals surface area (Å²) in [5.41, 5.74) is 1.12. The third kappa shape index (κ3) is 3.00. The second-order valence-corrected chi connectivity index (χ2v) is 6.69. The maximum absolute atomic E-state index is 12.8. The molecule has 2 aliphatic rings. The molecular weight excluding hydrogens is 308 g/mol. The van der Waals surface area contributed by atoms with E-state index in [9.17, 15) is 9.59 Å². The lowest BCUT2D eigenvalue weighted by molar-refractivity contribution is -0.140. The molecule has 0 spiro atoms. The fraction of sp³-hybridized carbons (Fsp3) is 0.500. The average Bonchev–Trinajstić information content (AvgIpc) is 3.11. The fourth-order valence-corrected chi connectivity index (χ4v) is 3.12. The number of hydrogen-bond donors (Lipinski definition) is 0. The van der Waals surface area contributed by atoms with E-state index >= 15 is 0 Å². The van der Waals surface area contributed by atoms with Gasteiger partial charge in [-0.2, -0.15) is 0 Å². The number of ether oxygens (including phenoxy) is 1. The molecule has 2 heterocycles. The molecule has 1 saturated heterocycles. The lowest BCUT2D eigenvalue weighted by atomic mass is 9.91. The van der Waals surface area contributed by atoms with Crippen LogP contribution in [0.1, 0.15) is 39.2 Å². The van der Waals surface area contributed by atoms with Gasteiger partial charge in [0.2, 0.25) is 6.10 Å². The number of carbonyl (C=O) groups is 2. The first-order valence-corrected chi connectivity index (χ1v) is 8.24. The fourth-order valence-electron chi connectivity index (χ4n) is 3.12. The number of oxime groups is 1. The van der Waals surface area contributed by atoms with E-state index in [1.165, 1.54) is 4.90 Å². The van der Waals surface area contributed by atoms with Gasteiger partial charge in [-0.15, -0.1) is 0 Å². The van der Waals surface area contributed by atoms with Crippen molar-refractivity contribution in [3.63, 3.8) is 0 Å². The number of amides is 2. The van der Waals surface area contributed by atoms with Crippen LogP contribution in [0.3, 0.4) is 0 Å². The molecule has 0 saturated carbocycles. The zero-order valence-electron chi connectivity index (χ0n) is 14.2. The summed E-state index contributed by atoms with van der Waals surface area (Å²) >= 11 is 0. The van der Waals surface area contributed by atoms with Crippen LogP contribution in [0.4, 0.5) is 4.79 Å². The van der Waals surface area contributed by atoms with Gasteiger partial charge < -0.3 is 9.57 Å². The van der Waals surface area contributed by atoms with Gasteiger partial charge in [-0.3, -0.25) is 4.79 Å². The maximum atomic E-state index is 12.8. The van der Waals surface area contributed by atoms with E-state index < -0.39 is 17.8 Å². The monoisotopic (exact) mass is 330 g/mol. The van der Waals surface area contributed by atoms with Gasteiger partial charge in [-0.25, -0.2) is 9.69 Å². The standard InChI is InChI=1S/C18H22N2O4/c1-4-13-11-14(24-19-13)16(21)20-15(18(2,3)23-17(20)22)10-12-8-6-5-7-9-12/h5-9,14-15H,4,10-11H2,1-3H3/t14?,15-/m0/s1. The van der Waals surface area contributed by atoms with Gasteiger partial charge in [-0.1, -0.05) is 42.4 Å². The summed E-state index contributed by atoms with van der Waals surface area (Å²) in [6, 6.07) is 9.39. The van der Waals surface area contributed by atoms with E-state index in [1.807, 2.05) is 51.1 Å². The van der Waals surface area contributed by atoms with Crippen molar-refractivity contribution in [2.24, 2.45) is 5.16 Å². The van der Waals surface area contributed by atoms with Crippen molar-refractivity contribution in [3.05, 3.63) is 35.9 Å². The number of imide groups is 1. The Bertz CT molecular complexity index is 669. The summed E-state index contributed by atoms with van der Waals surface area (Å²) in [7, 11) is 0. The van der Waals surface area contributed by atoms with Crippen molar-refractivity contribution < 1.29 is 19.2 Å². The predicted molar refractivity (Wildman–Crippen MR) is 88.6 cm³/mol. The quantitative estimate of drug-likeness (QED) is 0.851. The van der Waals surface area contributed by atoms with Gasteiger partial charge >= 0.3 is 6.09 Å². The van der Waals surface area contributed by atoms with Crippen molar-refractivity contribution >= 4 is 17.7 Å². The van der Waals surface area contributed by atoms with E-state index in [0.717, 1.165) is 17.7 Å². The Morgan fingerprint density at radius 3 is 2.67 bits per heavy atom. The molecule has 0 N–H and O–H groups in total. The summed E-state index contributed by atoms with van der Waals surface area (Å²) < 4.78 is 5.45. The highest BCUT2D eigenvalue weighted by molar-refractivity contribution is 6.00. The molecular formula is C18H22N2O4. The molecule has 2 aliphatic heterocycles. The third-order valence-corrected chi connectivity index (χ3v) is 4.58. The molecule has 2 atom stereocenters. The molecule has 128 valence electrons. The van der Waals surface area contributed by atoms with Crippen molar-refractivity contribution in [2.45, 2.75) is 57.8 Å². The van der Waals surface area contributed by atoms with Gasteiger partial charge in [0.25, 0.3) is 5.91 Å². The normalized spacial score (nSPS) is 25.2. The molecule has 0 bridgehead atoms. The van der Waals surface area contributed by atoms with E-state index in [1.54, 1.807) is 0 Å². The SMILES string of the molecule is CCC1=NOC(C(=O)N2C(=O)OC(C)(C)[C@@H]2Cc2ccccc2)C1. The van der Waals surface area contributed by atoms with Gasteiger partial charge in [0.05, 0.1) is 11.8 Å². The largest absolute Gasteiger partial charge is 0.441 e. The van der Waals surface area contributed by atoms with E-state index in [0.29, 0.717) is 12.8 Å². The van der Waals surface area contributed by atoms with Crippen LogP contribution in [0.25, 0.3) is 0 Å². The molecule has 1 aromatic carbocycles. The molecule has 2 amide bonds. The van der Waals surface area contributed by atoms with Crippen LogP contribution in [-0.2, 0) is 20.8 Å². The highest BCUT2D eigenvalue weighted by Gasteiger charge is 2.52. The molecule has 6 nitrogen and oxygen atoms in total. The predicted octanol–water partition coefficient (Wildman–Crippen LogP) is 2.91. The molecule has 1 fully saturated rings. The number of rotatable bonds is 4. The zero-order chi connectivity index (χ0) is 17.3. The van der Waals surface area contributed by atoms with Crippen LogP contribution in [0.2, 0.25) is 0 Å². The summed E-state index contributed by atoms with van der Waals surface area (Å²) in [4.78, 5) is 31.6. The number of hydrogen-bond acceptors (Lipinski definition) is 5. The van der Waals surface area contributed by atoms with Gasteiger partial charge in [0, 0.05) is 6.42 Å². The minimum absolute atomic E-state index is 0.376. The lowest BCUT2D eigenvalue weighted by Gasteiger charge is -2.28. The molecule has 0 radical (unpaired) electrons. The Morgan fingerprint density at radius 1 is 1.33 bits per heavy atom.